The summed E-state index contributed by atoms with van der Waals surface area (Å²) >= 11 is 2.94. The first-order valence-electron chi connectivity index (χ1n) is 4.32. The third-order valence-electron chi connectivity index (χ3n) is 2.05. The van der Waals surface area contributed by atoms with E-state index in [-0.39, 0.29) is 16.5 Å². The van der Waals surface area contributed by atoms with E-state index in [9.17, 15) is 14.0 Å². The van der Waals surface area contributed by atoms with Crippen LogP contribution < -0.4 is 0 Å². The van der Waals surface area contributed by atoms with Gasteiger partial charge in [-0.15, -0.1) is 0 Å². The van der Waals surface area contributed by atoms with Crippen LogP contribution >= 0.6 is 15.9 Å². The minimum Gasteiger partial charge on any atom is -0.481 e. The van der Waals surface area contributed by atoms with Gasteiger partial charge in [0.05, 0.1) is 4.47 Å². The summed E-state index contributed by atoms with van der Waals surface area (Å²) in [5.41, 5.74) is 0.0594. The quantitative estimate of drug-likeness (QED) is 0.831. The molecule has 0 aliphatic carbocycles. The van der Waals surface area contributed by atoms with E-state index in [2.05, 4.69) is 15.9 Å². The van der Waals surface area contributed by atoms with Gasteiger partial charge in [-0.1, -0.05) is 12.1 Å². The van der Waals surface area contributed by atoms with Crippen molar-refractivity contribution in [1.82, 2.24) is 0 Å². The second-order valence-corrected chi connectivity index (χ2v) is 4.00. The molecular formula is C10H8BrFO4. The zero-order valence-electron chi connectivity index (χ0n) is 7.98. The monoisotopic (exact) mass is 290 g/mol. The molecule has 0 heterocycles. The summed E-state index contributed by atoms with van der Waals surface area (Å²) in [4.78, 5) is 21.3. The summed E-state index contributed by atoms with van der Waals surface area (Å²) in [5.74, 6) is -5.22. The highest BCUT2D eigenvalue weighted by Crippen LogP contribution is 2.21. The van der Waals surface area contributed by atoms with Gasteiger partial charge in [0.15, 0.2) is 5.92 Å². The number of hydrogen-bond acceptors (Lipinski definition) is 2. The number of aliphatic carboxylic acids is 2. The second-order valence-electron chi connectivity index (χ2n) is 3.15. The van der Waals surface area contributed by atoms with E-state index < -0.39 is 23.7 Å². The SMILES string of the molecule is O=C(O)C(Cc1cccc(Br)c1F)C(=O)O. The Bertz CT molecular complexity index is 419. The van der Waals surface area contributed by atoms with E-state index in [1.807, 2.05) is 0 Å². The van der Waals surface area contributed by atoms with Gasteiger partial charge in [-0.05, 0) is 34.0 Å². The highest BCUT2D eigenvalue weighted by Gasteiger charge is 2.27. The third-order valence-corrected chi connectivity index (χ3v) is 2.66. The molecule has 0 unspecified atom stereocenters. The maximum Gasteiger partial charge on any atom is 0.318 e. The molecule has 0 amide bonds. The van der Waals surface area contributed by atoms with Crippen molar-refractivity contribution >= 4 is 27.9 Å². The molecule has 0 saturated carbocycles. The van der Waals surface area contributed by atoms with E-state index in [1.54, 1.807) is 0 Å². The maximum atomic E-state index is 13.5. The Balaban J connectivity index is 2.98. The zero-order chi connectivity index (χ0) is 12.3. The molecule has 1 aromatic carbocycles. The van der Waals surface area contributed by atoms with E-state index in [0.717, 1.165) is 0 Å². The van der Waals surface area contributed by atoms with Crippen molar-refractivity contribution in [1.29, 1.82) is 0 Å². The Labute approximate surface area is 98.8 Å². The number of carbonyl (C=O) groups is 2. The number of carboxylic acid groups (broad SMARTS) is 2. The van der Waals surface area contributed by atoms with Crippen LogP contribution in [0.5, 0.6) is 0 Å². The molecule has 0 saturated heterocycles. The summed E-state index contributed by atoms with van der Waals surface area (Å²) in [7, 11) is 0. The molecule has 0 bridgehead atoms. The van der Waals surface area contributed by atoms with Crippen molar-refractivity contribution < 1.29 is 24.2 Å². The lowest BCUT2D eigenvalue weighted by Crippen LogP contribution is -2.25. The van der Waals surface area contributed by atoms with E-state index in [4.69, 9.17) is 10.2 Å². The Morgan fingerprint density at radius 3 is 2.38 bits per heavy atom. The minimum atomic E-state index is -1.64. The molecule has 1 aromatic rings. The van der Waals surface area contributed by atoms with Crippen LogP contribution in [0.2, 0.25) is 0 Å². The molecule has 0 aliphatic heterocycles. The van der Waals surface area contributed by atoms with Crippen molar-refractivity contribution in [2.45, 2.75) is 6.42 Å². The van der Waals surface area contributed by atoms with Crippen LogP contribution in [0.4, 0.5) is 4.39 Å². The molecule has 0 radical (unpaired) electrons. The van der Waals surface area contributed by atoms with Crippen molar-refractivity contribution in [3.8, 4) is 0 Å². The van der Waals surface area contributed by atoms with Gasteiger partial charge in [-0.3, -0.25) is 9.59 Å². The number of halogens is 2. The molecule has 86 valence electrons. The van der Waals surface area contributed by atoms with E-state index in [0.29, 0.717) is 0 Å². The van der Waals surface area contributed by atoms with E-state index in [1.165, 1.54) is 18.2 Å². The third kappa shape index (κ3) is 2.79. The molecule has 0 aromatic heterocycles. The summed E-state index contributed by atoms with van der Waals surface area (Å²) in [5, 5.41) is 17.3. The number of carboxylic acids is 2. The Morgan fingerprint density at radius 2 is 1.88 bits per heavy atom. The van der Waals surface area contributed by atoms with Crippen LogP contribution in [0.15, 0.2) is 22.7 Å². The molecule has 6 heteroatoms. The van der Waals surface area contributed by atoms with Gasteiger partial charge in [0.2, 0.25) is 0 Å². The van der Waals surface area contributed by atoms with Crippen molar-refractivity contribution in [3.63, 3.8) is 0 Å². The second kappa shape index (κ2) is 5.07. The van der Waals surface area contributed by atoms with Gasteiger partial charge in [-0.2, -0.15) is 0 Å². The van der Waals surface area contributed by atoms with Gasteiger partial charge in [0.1, 0.15) is 5.82 Å². The molecule has 0 atom stereocenters. The standard InChI is InChI=1S/C10H8BrFO4/c11-7-3-1-2-5(8(7)12)4-6(9(13)14)10(15)16/h1-3,6H,4H2,(H,13,14)(H,15,16). The van der Waals surface area contributed by atoms with Gasteiger partial charge in [0.25, 0.3) is 0 Å². The van der Waals surface area contributed by atoms with Gasteiger partial charge in [0, 0.05) is 0 Å². The first-order valence-corrected chi connectivity index (χ1v) is 5.11. The van der Waals surface area contributed by atoms with Crippen molar-refractivity contribution in [2.75, 3.05) is 0 Å². The predicted octanol–water partition coefficient (Wildman–Crippen LogP) is 1.92. The van der Waals surface area contributed by atoms with Crippen LogP contribution in [0.3, 0.4) is 0 Å². The summed E-state index contributed by atoms with van der Waals surface area (Å²) < 4.78 is 13.6. The van der Waals surface area contributed by atoms with Crippen LogP contribution in [0.25, 0.3) is 0 Å². The summed E-state index contributed by atoms with van der Waals surface area (Å²) in [6.45, 7) is 0. The average Bonchev–Trinajstić information content (AvgIpc) is 2.19. The number of hydrogen-bond donors (Lipinski definition) is 2. The minimum absolute atomic E-state index is 0.0594. The highest BCUT2D eigenvalue weighted by atomic mass is 79.9. The van der Waals surface area contributed by atoms with Crippen LogP contribution in [-0.2, 0) is 16.0 Å². The highest BCUT2D eigenvalue weighted by molar-refractivity contribution is 9.10. The maximum absolute atomic E-state index is 13.5. The van der Waals surface area contributed by atoms with Gasteiger partial charge in [-0.25, -0.2) is 4.39 Å². The first-order chi connectivity index (χ1) is 7.43. The van der Waals surface area contributed by atoms with Crippen LogP contribution in [-0.4, -0.2) is 22.2 Å². The zero-order valence-corrected chi connectivity index (χ0v) is 9.57. The molecular weight excluding hydrogens is 283 g/mol. The van der Waals surface area contributed by atoms with E-state index >= 15 is 0 Å². The van der Waals surface area contributed by atoms with Crippen molar-refractivity contribution in [3.05, 3.63) is 34.1 Å². The number of benzene rings is 1. The molecule has 16 heavy (non-hydrogen) atoms. The molecule has 2 N–H and O–H groups in total. The Hall–Kier alpha value is -1.43. The summed E-state index contributed by atoms with van der Waals surface area (Å²) in [6.07, 6.45) is -0.379. The topological polar surface area (TPSA) is 74.6 Å². The smallest absolute Gasteiger partial charge is 0.318 e. The van der Waals surface area contributed by atoms with Crippen molar-refractivity contribution in [2.24, 2.45) is 5.92 Å². The number of rotatable bonds is 4. The lowest BCUT2D eigenvalue weighted by molar-refractivity contribution is -0.154. The fourth-order valence-electron chi connectivity index (χ4n) is 1.21. The Morgan fingerprint density at radius 1 is 1.31 bits per heavy atom. The van der Waals surface area contributed by atoms with Crippen LogP contribution in [0.1, 0.15) is 5.56 Å². The summed E-state index contributed by atoms with van der Waals surface area (Å²) in [6, 6.07) is 4.33. The van der Waals surface area contributed by atoms with Gasteiger partial charge < -0.3 is 10.2 Å². The molecule has 0 fully saturated rings. The average molecular weight is 291 g/mol. The van der Waals surface area contributed by atoms with Gasteiger partial charge >= 0.3 is 11.9 Å². The fourth-order valence-corrected chi connectivity index (χ4v) is 1.61. The first kappa shape index (κ1) is 12.6. The lowest BCUT2D eigenvalue weighted by atomic mass is 9.99. The predicted molar refractivity (Wildman–Crippen MR) is 56.6 cm³/mol. The molecule has 0 spiro atoms. The van der Waals surface area contributed by atoms with Crippen LogP contribution in [0, 0.1) is 11.7 Å². The molecule has 0 aliphatic rings. The molecule has 4 nitrogen and oxygen atoms in total. The lowest BCUT2D eigenvalue weighted by Gasteiger charge is -2.08. The Kier molecular flexibility index (Phi) is 4.00. The fraction of sp³-hybridized carbons (Fsp3) is 0.200. The largest absolute Gasteiger partial charge is 0.481 e. The normalized spacial score (nSPS) is 10.4. The molecule has 1 rings (SSSR count).